The summed E-state index contributed by atoms with van der Waals surface area (Å²) in [5, 5.41) is 14.2. The van der Waals surface area contributed by atoms with Crippen LogP contribution >= 0.6 is 0 Å². The minimum Gasteiger partial charge on any atom is -0.479 e. The number of aromatic nitrogens is 3. The second-order valence-electron chi connectivity index (χ2n) is 8.30. The van der Waals surface area contributed by atoms with Gasteiger partial charge in [0.1, 0.15) is 17.4 Å². The van der Waals surface area contributed by atoms with Gasteiger partial charge in [-0.15, -0.1) is 5.10 Å². The molecule has 0 bridgehead atoms. The normalized spacial score (nSPS) is 17.9. The Morgan fingerprint density at radius 3 is 2.89 bits per heavy atom. The Kier molecular flexibility index (Phi) is 7.37. The van der Waals surface area contributed by atoms with Crippen molar-refractivity contribution in [3.8, 4) is 17.0 Å². The first-order valence-electron chi connectivity index (χ1n) is 11.4. The number of carbonyl (C=O) groups excluding carboxylic acids is 1. The van der Waals surface area contributed by atoms with E-state index in [1.165, 1.54) is 18.9 Å². The molecule has 35 heavy (non-hydrogen) atoms. The molecule has 0 spiro atoms. The number of rotatable bonds is 9. The lowest BCUT2D eigenvalue weighted by Gasteiger charge is -2.34. The molecule has 1 aliphatic heterocycles. The standard InChI is InChI=1S/C23H28F2N8O2/c1-14(34)32-10-7-18(17(25)13-32)28-23-29-22(35-2)21-16(6-11-33(21)31-23)15-4-5-19(30-26)20(12-15)27-9-3-8-24/h4-6,11-12,17-18,26-27H,3,7-10,13H2,1-2H3,(H,28,31)/t17-,18+/m1/s1. The number of ether oxygens (including phenoxy) is 1. The van der Waals surface area contributed by atoms with Crippen molar-refractivity contribution in [1.82, 2.24) is 19.5 Å². The lowest BCUT2D eigenvalue weighted by Crippen LogP contribution is -2.49. The maximum absolute atomic E-state index is 14.7. The molecule has 3 aromatic rings. The Balaban J connectivity index is 1.62. The molecule has 4 rings (SSSR count). The van der Waals surface area contributed by atoms with E-state index in [1.807, 2.05) is 18.2 Å². The van der Waals surface area contributed by atoms with Gasteiger partial charge >= 0.3 is 0 Å². The van der Waals surface area contributed by atoms with Crippen LogP contribution in [-0.2, 0) is 4.79 Å². The molecule has 0 radical (unpaired) electrons. The summed E-state index contributed by atoms with van der Waals surface area (Å²) in [6.07, 6.45) is 1.29. The molecule has 0 unspecified atom stereocenters. The summed E-state index contributed by atoms with van der Waals surface area (Å²) in [6, 6.07) is 6.70. The number of hydrogen-bond donors (Lipinski definition) is 3. The van der Waals surface area contributed by atoms with Gasteiger partial charge in [0.2, 0.25) is 17.7 Å². The van der Waals surface area contributed by atoms with Crippen LogP contribution in [0, 0.1) is 5.53 Å². The van der Waals surface area contributed by atoms with Crippen LogP contribution in [0.15, 0.2) is 35.6 Å². The molecule has 1 amide bonds. The Morgan fingerprint density at radius 1 is 1.37 bits per heavy atom. The zero-order valence-electron chi connectivity index (χ0n) is 19.6. The third-order valence-electron chi connectivity index (χ3n) is 6.03. The molecule has 186 valence electrons. The van der Waals surface area contributed by atoms with Crippen LogP contribution in [0.25, 0.3) is 16.6 Å². The highest BCUT2D eigenvalue weighted by Crippen LogP contribution is 2.36. The summed E-state index contributed by atoms with van der Waals surface area (Å²) in [6.45, 7) is 1.91. The summed E-state index contributed by atoms with van der Waals surface area (Å²) in [4.78, 5) is 17.5. The van der Waals surface area contributed by atoms with Crippen LogP contribution < -0.4 is 15.4 Å². The SMILES string of the molecule is COc1nc(N[C@H]2CCN(C(C)=O)C[C@H]2F)nn2ccc(-c3ccc(N=N)c(NCCCF)c3)c12. The Labute approximate surface area is 201 Å². The van der Waals surface area contributed by atoms with E-state index in [0.29, 0.717) is 48.7 Å². The van der Waals surface area contributed by atoms with E-state index in [-0.39, 0.29) is 18.4 Å². The van der Waals surface area contributed by atoms with Crippen LogP contribution in [-0.4, -0.2) is 71.0 Å². The molecule has 0 aliphatic carbocycles. The Morgan fingerprint density at radius 2 is 2.20 bits per heavy atom. The van der Waals surface area contributed by atoms with Gasteiger partial charge in [-0.1, -0.05) is 6.07 Å². The van der Waals surface area contributed by atoms with Crippen molar-refractivity contribution in [3.05, 3.63) is 30.5 Å². The Hall–Kier alpha value is -3.83. The molecule has 1 aliphatic rings. The highest BCUT2D eigenvalue weighted by molar-refractivity contribution is 5.87. The zero-order chi connectivity index (χ0) is 24.9. The average molecular weight is 487 g/mol. The molecule has 2 aromatic heterocycles. The number of hydrogen-bond acceptors (Lipinski definition) is 8. The van der Waals surface area contributed by atoms with Crippen LogP contribution in [0.1, 0.15) is 19.8 Å². The van der Waals surface area contributed by atoms with E-state index in [1.54, 1.807) is 16.8 Å². The predicted octanol–water partition coefficient (Wildman–Crippen LogP) is 4.21. The fourth-order valence-electron chi connectivity index (χ4n) is 4.18. The van der Waals surface area contributed by atoms with Gasteiger partial charge in [-0.05, 0) is 36.6 Å². The molecule has 1 saturated heterocycles. The van der Waals surface area contributed by atoms with Crippen LogP contribution in [0.2, 0.25) is 0 Å². The summed E-state index contributed by atoms with van der Waals surface area (Å²) in [7, 11) is 1.50. The van der Waals surface area contributed by atoms with Gasteiger partial charge in [-0.25, -0.2) is 14.4 Å². The van der Waals surface area contributed by atoms with E-state index in [0.717, 1.165) is 11.1 Å². The van der Waals surface area contributed by atoms with Gasteiger partial charge in [-0.3, -0.25) is 9.18 Å². The minimum atomic E-state index is -1.25. The number of fused-ring (bicyclic) bond motifs is 1. The second-order valence-corrected chi connectivity index (χ2v) is 8.30. The third kappa shape index (κ3) is 5.15. The largest absolute Gasteiger partial charge is 0.479 e. The maximum atomic E-state index is 14.7. The Bertz CT molecular complexity index is 1220. The van der Waals surface area contributed by atoms with Crippen molar-refractivity contribution in [2.45, 2.75) is 32.0 Å². The smallest absolute Gasteiger partial charge is 0.244 e. The number of carbonyl (C=O) groups is 1. The molecule has 3 heterocycles. The molecule has 10 nitrogen and oxygen atoms in total. The van der Waals surface area contributed by atoms with Crippen molar-refractivity contribution < 1.29 is 18.3 Å². The van der Waals surface area contributed by atoms with Crippen molar-refractivity contribution in [3.63, 3.8) is 0 Å². The minimum absolute atomic E-state index is 0.0301. The molecule has 2 atom stereocenters. The highest BCUT2D eigenvalue weighted by atomic mass is 19.1. The van der Waals surface area contributed by atoms with E-state index in [4.69, 9.17) is 10.3 Å². The summed E-state index contributed by atoms with van der Waals surface area (Å²) in [5.41, 5.74) is 10.7. The molecular weight excluding hydrogens is 458 g/mol. The summed E-state index contributed by atoms with van der Waals surface area (Å²) >= 11 is 0. The first-order chi connectivity index (χ1) is 16.9. The van der Waals surface area contributed by atoms with Gasteiger partial charge < -0.3 is 20.3 Å². The number of piperidine rings is 1. The fourth-order valence-corrected chi connectivity index (χ4v) is 4.18. The number of alkyl halides is 2. The highest BCUT2D eigenvalue weighted by Gasteiger charge is 2.31. The lowest BCUT2D eigenvalue weighted by atomic mass is 10.0. The molecule has 0 saturated carbocycles. The van der Waals surface area contributed by atoms with E-state index in [2.05, 4.69) is 25.8 Å². The number of likely N-dealkylation sites (tertiary alicyclic amines) is 1. The number of methoxy groups -OCH3 is 1. The van der Waals surface area contributed by atoms with E-state index in [9.17, 15) is 13.6 Å². The summed E-state index contributed by atoms with van der Waals surface area (Å²) < 4.78 is 34.4. The number of benzene rings is 1. The molecule has 1 fully saturated rings. The number of nitrogens with zero attached hydrogens (tertiary/aromatic N) is 5. The monoisotopic (exact) mass is 486 g/mol. The van der Waals surface area contributed by atoms with Crippen LogP contribution in [0.4, 0.5) is 26.1 Å². The molecule has 3 N–H and O–H groups in total. The quantitative estimate of drug-likeness (QED) is 0.308. The lowest BCUT2D eigenvalue weighted by molar-refractivity contribution is -0.131. The van der Waals surface area contributed by atoms with Crippen LogP contribution in [0.3, 0.4) is 0 Å². The van der Waals surface area contributed by atoms with Crippen molar-refractivity contribution in [1.29, 1.82) is 5.53 Å². The molecule has 12 heteroatoms. The average Bonchev–Trinajstić information content (AvgIpc) is 3.29. The van der Waals surface area contributed by atoms with Gasteiger partial charge in [0, 0.05) is 31.8 Å². The third-order valence-corrected chi connectivity index (χ3v) is 6.03. The second kappa shape index (κ2) is 10.6. The van der Waals surface area contributed by atoms with Gasteiger partial charge in [0.25, 0.3) is 0 Å². The van der Waals surface area contributed by atoms with E-state index < -0.39 is 18.9 Å². The van der Waals surface area contributed by atoms with Gasteiger partial charge in [0.05, 0.1) is 32.1 Å². The topological polar surface area (TPSA) is 120 Å². The van der Waals surface area contributed by atoms with E-state index >= 15 is 0 Å². The van der Waals surface area contributed by atoms with Gasteiger partial charge in [-0.2, -0.15) is 10.1 Å². The predicted molar refractivity (Wildman–Crippen MR) is 128 cm³/mol. The van der Waals surface area contributed by atoms with Crippen molar-refractivity contribution in [2.24, 2.45) is 5.11 Å². The fraction of sp³-hybridized carbons (Fsp3) is 0.435. The number of halogens is 2. The van der Waals surface area contributed by atoms with Crippen molar-refractivity contribution >= 4 is 28.7 Å². The summed E-state index contributed by atoms with van der Waals surface area (Å²) in [5.74, 6) is 0.383. The number of nitrogens with one attached hydrogen (secondary N) is 3. The van der Waals surface area contributed by atoms with Gasteiger partial charge in [0.15, 0.2) is 0 Å². The molecule has 1 aromatic carbocycles. The first-order valence-corrected chi connectivity index (χ1v) is 11.4. The number of amides is 1. The van der Waals surface area contributed by atoms with Crippen LogP contribution in [0.5, 0.6) is 5.88 Å². The maximum Gasteiger partial charge on any atom is 0.244 e. The zero-order valence-corrected chi connectivity index (χ0v) is 19.6. The van der Waals surface area contributed by atoms with Crippen molar-refractivity contribution in [2.75, 3.05) is 44.1 Å². The molecular formula is C23H28F2N8O2. The first kappa shape index (κ1) is 24.3. The number of anilines is 2.